The summed E-state index contributed by atoms with van der Waals surface area (Å²) in [5, 5.41) is 3.44. The highest BCUT2D eigenvalue weighted by Crippen LogP contribution is 2.21. The van der Waals surface area contributed by atoms with Gasteiger partial charge in [0.05, 0.1) is 7.11 Å². The van der Waals surface area contributed by atoms with Crippen molar-refractivity contribution < 1.29 is 9.13 Å². The van der Waals surface area contributed by atoms with E-state index < -0.39 is 0 Å². The molecule has 0 aromatic heterocycles. The van der Waals surface area contributed by atoms with Gasteiger partial charge in [0, 0.05) is 24.7 Å². The number of halogens is 1. The van der Waals surface area contributed by atoms with Crippen LogP contribution < -0.4 is 10.1 Å². The van der Waals surface area contributed by atoms with Gasteiger partial charge in [-0.1, -0.05) is 12.1 Å². The standard InChI is InChI=1S/C14H21FN2O/c1-11-9-17(8-4-7-16-11)10-12-5-3-6-13(18-2)14(12)15/h3,5-6,11,16H,4,7-10H2,1-2H3. The predicted molar refractivity (Wildman–Crippen MR) is 70.3 cm³/mol. The first-order valence-electron chi connectivity index (χ1n) is 6.48. The Labute approximate surface area is 108 Å². The molecule has 0 radical (unpaired) electrons. The van der Waals surface area contributed by atoms with E-state index in [1.807, 2.05) is 12.1 Å². The third kappa shape index (κ3) is 3.21. The average molecular weight is 252 g/mol. The highest BCUT2D eigenvalue weighted by molar-refractivity contribution is 5.31. The molecule has 1 unspecified atom stereocenters. The molecular formula is C14H21FN2O. The minimum atomic E-state index is -0.232. The summed E-state index contributed by atoms with van der Waals surface area (Å²) in [7, 11) is 1.50. The third-order valence-corrected chi connectivity index (χ3v) is 3.33. The SMILES string of the molecule is COc1cccc(CN2CCCNC(C)C2)c1F. The Balaban J connectivity index is 2.08. The normalized spacial score (nSPS) is 21.6. The van der Waals surface area contributed by atoms with Crippen molar-refractivity contribution in [1.29, 1.82) is 0 Å². The number of hydrogen-bond donors (Lipinski definition) is 1. The van der Waals surface area contributed by atoms with Crippen LogP contribution in [-0.4, -0.2) is 37.7 Å². The van der Waals surface area contributed by atoms with Crippen molar-refractivity contribution >= 4 is 0 Å². The van der Waals surface area contributed by atoms with Crippen LogP contribution in [0.1, 0.15) is 18.9 Å². The summed E-state index contributed by atoms with van der Waals surface area (Å²) in [6, 6.07) is 5.80. The second-order valence-corrected chi connectivity index (χ2v) is 4.88. The molecule has 1 fully saturated rings. The van der Waals surface area contributed by atoms with Crippen molar-refractivity contribution in [3.8, 4) is 5.75 Å². The molecule has 1 aliphatic heterocycles. The Hall–Kier alpha value is -1.13. The van der Waals surface area contributed by atoms with Crippen molar-refractivity contribution in [2.45, 2.75) is 25.9 Å². The summed E-state index contributed by atoms with van der Waals surface area (Å²) in [6.07, 6.45) is 1.11. The minimum absolute atomic E-state index is 0.232. The summed E-state index contributed by atoms with van der Waals surface area (Å²) in [5.74, 6) is 0.0957. The first-order chi connectivity index (χ1) is 8.70. The number of rotatable bonds is 3. The highest BCUT2D eigenvalue weighted by atomic mass is 19.1. The molecule has 0 bridgehead atoms. The van der Waals surface area contributed by atoms with E-state index in [1.165, 1.54) is 7.11 Å². The fourth-order valence-corrected chi connectivity index (χ4v) is 2.41. The number of hydrogen-bond acceptors (Lipinski definition) is 3. The number of nitrogens with one attached hydrogen (secondary N) is 1. The van der Waals surface area contributed by atoms with Gasteiger partial charge in [-0.3, -0.25) is 4.90 Å². The minimum Gasteiger partial charge on any atom is -0.494 e. The van der Waals surface area contributed by atoms with E-state index in [-0.39, 0.29) is 5.82 Å². The number of ether oxygens (including phenoxy) is 1. The number of benzene rings is 1. The zero-order valence-electron chi connectivity index (χ0n) is 11.1. The van der Waals surface area contributed by atoms with Crippen LogP contribution in [0.2, 0.25) is 0 Å². The maximum atomic E-state index is 14.1. The van der Waals surface area contributed by atoms with Crippen molar-refractivity contribution in [3.05, 3.63) is 29.6 Å². The maximum absolute atomic E-state index is 14.1. The van der Waals surface area contributed by atoms with E-state index in [0.717, 1.165) is 26.1 Å². The molecule has 2 rings (SSSR count). The van der Waals surface area contributed by atoms with Crippen molar-refractivity contribution in [2.24, 2.45) is 0 Å². The lowest BCUT2D eigenvalue weighted by molar-refractivity contribution is 0.259. The number of methoxy groups -OCH3 is 1. The van der Waals surface area contributed by atoms with Crippen LogP contribution in [0.4, 0.5) is 4.39 Å². The van der Waals surface area contributed by atoms with E-state index >= 15 is 0 Å². The Morgan fingerprint density at radius 1 is 1.50 bits per heavy atom. The summed E-state index contributed by atoms with van der Waals surface area (Å²) in [4.78, 5) is 2.29. The van der Waals surface area contributed by atoms with Gasteiger partial charge in [-0.2, -0.15) is 0 Å². The van der Waals surface area contributed by atoms with Crippen molar-refractivity contribution in [2.75, 3.05) is 26.7 Å². The topological polar surface area (TPSA) is 24.5 Å². The molecule has 0 aliphatic carbocycles. The first-order valence-corrected chi connectivity index (χ1v) is 6.48. The lowest BCUT2D eigenvalue weighted by Gasteiger charge is -2.22. The molecule has 1 aromatic rings. The van der Waals surface area contributed by atoms with Gasteiger partial charge in [0.2, 0.25) is 0 Å². The highest BCUT2D eigenvalue weighted by Gasteiger charge is 2.16. The molecule has 1 heterocycles. The molecule has 3 nitrogen and oxygen atoms in total. The van der Waals surface area contributed by atoms with Gasteiger partial charge in [-0.05, 0) is 32.5 Å². The van der Waals surface area contributed by atoms with Gasteiger partial charge in [0.15, 0.2) is 11.6 Å². The molecule has 1 N–H and O–H groups in total. The monoisotopic (exact) mass is 252 g/mol. The summed E-state index contributed by atoms with van der Waals surface area (Å²) in [6.45, 7) is 5.82. The first kappa shape index (κ1) is 13.3. The lowest BCUT2D eigenvalue weighted by atomic mass is 10.1. The van der Waals surface area contributed by atoms with E-state index in [2.05, 4.69) is 17.1 Å². The summed E-state index contributed by atoms with van der Waals surface area (Å²) >= 11 is 0. The van der Waals surface area contributed by atoms with Gasteiger partial charge < -0.3 is 10.1 Å². The average Bonchev–Trinajstić information content (AvgIpc) is 2.56. The molecular weight excluding hydrogens is 231 g/mol. The quantitative estimate of drug-likeness (QED) is 0.890. The van der Waals surface area contributed by atoms with Crippen molar-refractivity contribution in [1.82, 2.24) is 10.2 Å². The maximum Gasteiger partial charge on any atom is 0.169 e. The Bertz CT molecular complexity index is 397. The van der Waals surface area contributed by atoms with E-state index in [9.17, 15) is 4.39 Å². The molecule has 0 saturated carbocycles. The van der Waals surface area contributed by atoms with Crippen LogP contribution in [0.25, 0.3) is 0 Å². The second kappa shape index (κ2) is 6.16. The molecule has 4 heteroatoms. The molecule has 0 spiro atoms. The lowest BCUT2D eigenvalue weighted by Crippen LogP contribution is -2.35. The fourth-order valence-electron chi connectivity index (χ4n) is 2.41. The van der Waals surface area contributed by atoms with Gasteiger partial charge in [0.1, 0.15) is 0 Å². The zero-order chi connectivity index (χ0) is 13.0. The summed E-state index contributed by atoms with van der Waals surface area (Å²) in [5.41, 5.74) is 0.712. The third-order valence-electron chi connectivity index (χ3n) is 3.33. The van der Waals surface area contributed by atoms with Gasteiger partial charge >= 0.3 is 0 Å². The van der Waals surface area contributed by atoms with Crippen LogP contribution in [0.5, 0.6) is 5.75 Å². The Kier molecular flexibility index (Phi) is 4.55. The largest absolute Gasteiger partial charge is 0.494 e. The van der Waals surface area contributed by atoms with E-state index in [1.54, 1.807) is 6.07 Å². The van der Waals surface area contributed by atoms with E-state index in [0.29, 0.717) is 23.9 Å². The number of nitrogens with zero attached hydrogens (tertiary/aromatic N) is 1. The van der Waals surface area contributed by atoms with Crippen LogP contribution >= 0.6 is 0 Å². The Morgan fingerprint density at radius 2 is 2.33 bits per heavy atom. The molecule has 1 aliphatic rings. The molecule has 0 amide bonds. The molecule has 100 valence electrons. The predicted octanol–water partition coefficient (Wildman–Crippen LogP) is 2.02. The second-order valence-electron chi connectivity index (χ2n) is 4.88. The molecule has 1 aromatic carbocycles. The zero-order valence-corrected chi connectivity index (χ0v) is 11.1. The Morgan fingerprint density at radius 3 is 3.11 bits per heavy atom. The fraction of sp³-hybridized carbons (Fsp3) is 0.571. The van der Waals surface area contributed by atoms with Crippen LogP contribution in [-0.2, 0) is 6.54 Å². The summed E-state index contributed by atoms with van der Waals surface area (Å²) < 4.78 is 19.1. The smallest absolute Gasteiger partial charge is 0.169 e. The van der Waals surface area contributed by atoms with Gasteiger partial charge in [-0.25, -0.2) is 4.39 Å². The van der Waals surface area contributed by atoms with Crippen LogP contribution in [0.3, 0.4) is 0 Å². The van der Waals surface area contributed by atoms with Crippen LogP contribution in [0, 0.1) is 5.82 Å². The molecule has 1 atom stereocenters. The van der Waals surface area contributed by atoms with Gasteiger partial charge in [0.25, 0.3) is 0 Å². The van der Waals surface area contributed by atoms with Crippen molar-refractivity contribution in [3.63, 3.8) is 0 Å². The van der Waals surface area contributed by atoms with Gasteiger partial charge in [-0.15, -0.1) is 0 Å². The molecule has 18 heavy (non-hydrogen) atoms. The molecule has 1 saturated heterocycles. The van der Waals surface area contributed by atoms with Crippen LogP contribution in [0.15, 0.2) is 18.2 Å². The van der Waals surface area contributed by atoms with E-state index in [4.69, 9.17) is 4.74 Å².